The fourth-order valence-corrected chi connectivity index (χ4v) is 4.40. The summed E-state index contributed by atoms with van der Waals surface area (Å²) in [6, 6.07) is 9.00. The van der Waals surface area contributed by atoms with Gasteiger partial charge in [-0.1, -0.05) is 16.7 Å². The van der Waals surface area contributed by atoms with Crippen molar-refractivity contribution in [3.05, 3.63) is 41.4 Å². The van der Waals surface area contributed by atoms with Gasteiger partial charge in [-0.05, 0) is 42.8 Å². The van der Waals surface area contributed by atoms with Gasteiger partial charge in [-0.15, -0.1) is 5.10 Å². The number of nitrogens with one attached hydrogen (secondary N) is 1. The van der Waals surface area contributed by atoms with E-state index in [1.54, 1.807) is 12.1 Å². The van der Waals surface area contributed by atoms with Crippen LogP contribution < -0.4 is 19.5 Å². The molecule has 0 saturated heterocycles. The first-order valence-electron chi connectivity index (χ1n) is 9.69. The Morgan fingerprint density at radius 2 is 1.67 bits per heavy atom. The zero-order valence-electron chi connectivity index (χ0n) is 18.1. The molecule has 0 fully saturated rings. The molecule has 1 aromatic heterocycles. The fraction of sp³-hybridized carbons (Fsp3) is 0.286. The van der Waals surface area contributed by atoms with Crippen LogP contribution in [0.15, 0.2) is 45.7 Å². The summed E-state index contributed by atoms with van der Waals surface area (Å²) in [5, 5.41) is 10.6. The van der Waals surface area contributed by atoms with Gasteiger partial charge in [-0.3, -0.25) is 10.1 Å². The third-order valence-electron chi connectivity index (χ3n) is 4.57. The first-order valence-corrected chi connectivity index (χ1v) is 11.7. The molecule has 0 aliphatic carbocycles. The number of sulfone groups is 1. The standard InChI is InChI=1S/C21H22ClN3O7S/c1-29-16-11-13(12-17(30-2)19(16)31-3)20-24-25-21(32-20)23-18(26)5-4-10-33(27,28)15-8-6-14(22)7-9-15/h6-9,11-12H,4-5,10H2,1-3H3,(H,23,25,26). The maximum absolute atomic E-state index is 12.3. The number of hydrogen-bond donors (Lipinski definition) is 1. The Morgan fingerprint density at radius 1 is 1.03 bits per heavy atom. The first-order chi connectivity index (χ1) is 15.8. The Labute approximate surface area is 195 Å². The second-order valence-corrected chi connectivity index (χ2v) is 9.30. The van der Waals surface area contributed by atoms with Crippen LogP contribution in [-0.4, -0.2) is 51.6 Å². The molecule has 0 unspecified atom stereocenters. The molecule has 3 aromatic rings. The van der Waals surface area contributed by atoms with E-state index in [4.69, 9.17) is 30.2 Å². The summed E-state index contributed by atoms with van der Waals surface area (Å²) < 4.78 is 46.1. The van der Waals surface area contributed by atoms with Crippen molar-refractivity contribution in [2.24, 2.45) is 0 Å². The number of anilines is 1. The summed E-state index contributed by atoms with van der Waals surface area (Å²) in [5.41, 5.74) is 0.492. The Bertz CT molecular complexity index is 1200. The van der Waals surface area contributed by atoms with Gasteiger partial charge < -0.3 is 18.6 Å². The van der Waals surface area contributed by atoms with E-state index < -0.39 is 15.7 Å². The van der Waals surface area contributed by atoms with E-state index >= 15 is 0 Å². The lowest BCUT2D eigenvalue weighted by molar-refractivity contribution is -0.116. The van der Waals surface area contributed by atoms with Crippen LogP contribution in [0.4, 0.5) is 6.01 Å². The topological polar surface area (TPSA) is 130 Å². The minimum absolute atomic E-state index is 0.0469. The number of rotatable bonds is 10. The number of hydrogen-bond acceptors (Lipinski definition) is 9. The summed E-state index contributed by atoms with van der Waals surface area (Å²) in [6.45, 7) is 0. The van der Waals surface area contributed by atoms with E-state index in [9.17, 15) is 13.2 Å². The van der Waals surface area contributed by atoms with Gasteiger partial charge in [0.15, 0.2) is 21.3 Å². The van der Waals surface area contributed by atoms with Gasteiger partial charge in [0.2, 0.25) is 17.5 Å². The second-order valence-electron chi connectivity index (χ2n) is 6.75. The molecule has 0 aliphatic rings. The highest BCUT2D eigenvalue weighted by Gasteiger charge is 2.19. The number of nitrogens with zero attached hydrogens (tertiary/aromatic N) is 2. The molecular formula is C21H22ClN3O7S. The van der Waals surface area contributed by atoms with Crippen molar-refractivity contribution < 1.29 is 31.8 Å². The smallest absolute Gasteiger partial charge is 0.322 e. The average Bonchev–Trinajstić information content (AvgIpc) is 3.26. The van der Waals surface area contributed by atoms with E-state index in [0.29, 0.717) is 27.8 Å². The summed E-state index contributed by atoms with van der Waals surface area (Å²) >= 11 is 5.78. The summed E-state index contributed by atoms with van der Waals surface area (Å²) in [4.78, 5) is 12.4. The minimum Gasteiger partial charge on any atom is -0.493 e. The third-order valence-corrected chi connectivity index (χ3v) is 6.64. The van der Waals surface area contributed by atoms with Gasteiger partial charge >= 0.3 is 6.01 Å². The van der Waals surface area contributed by atoms with Crippen LogP contribution in [0, 0.1) is 0 Å². The normalized spacial score (nSPS) is 11.2. The lowest BCUT2D eigenvalue weighted by Gasteiger charge is -2.12. The van der Waals surface area contributed by atoms with Gasteiger partial charge in [0.1, 0.15) is 0 Å². The molecule has 0 radical (unpaired) electrons. The zero-order valence-corrected chi connectivity index (χ0v) is 19.7. The van der Waals surface area contributed by atoms with Crippen molar-refractivity contribution in [2.75, 3.05) is 32.4 Å². The van der Waals surface area contributed by atoms with Crippen molar-refractivity contribution in [3.63, 3.8) is 0 Å². The summed E-state index contributed by atoms with van der Waals surface area (Å²) in [6.07, 6.45) is 0.0688. The van der Waals surface area contributed by atoms with Crippen LogP contribution in [0.1, 0.15) is 12.8 Å². The van der Waals surface area contributed by atoms with Crippen molar-refractivity contribution in [1.82, 2.24) is 10.2 Å². The largest absolute Gasteiger partial charge is 0.493 e. The molecule has 1 heterocycles. The maximum atomic E-state index is 12.3. The third kappa shape index (κ3) is 5.93. The first kappa shape index (κ1) is 24.3. The molecule has 0 atom stereocenters. The van der Waals surface area contributed by atoms with Gasteiger partial charge in [-0.2, -0.15) is 0 Å². The number of halogens is 1. The lowest BCUT2D eigenvalue weighted by Crippen LogP contribution is -2.14. The molecule has 176 valence electrons. The predicted octanol–water partition coefficient (Wildman–Crippen LogP) is 3.61. The van der Waals surface area contributed by atoms with Gasteiger partial charge in [0.25, 0.3) is 0 Å². The number of amides is 1. The molecule has 12 heteroatoms. The molecular weight excluding hydrogens is 474 g/mol. The number of methoxy groups -OCH3 is 3. The van der Waals surface area contributed by atoms with Crippen LogP contribution >= 0.6 is 11.6 Å². The fourth-order valence-electron chi connectivity index (χ4n) is 2.96. The van der Waals surface area contributed by atoms with Gasteiger partial charge in [-0.25, -0.2) is 8.42 Å². The quantitative estimate of drug-likeness (QED) is 0.448. The molecule has 0 aliphatic heterocycles. The highest BCUT2D eigenvalue weighted by atomic mass is 35.5. The Morgan fingerprint density at radius 3 is 2.24 bits per heavy atom. The number of carbonyl (C=O) groups excluding carboxylic acids is 1. The molecule has 1 amide bonds. The Balaban J connectivity index is 1.61. The SMILES string of the molecule is COc1cc(-c2nnc(NC(=O)CCCS(=O)(=O)c3ccc(Cl)cc3)o2)cc(OC)c1OC. The van der Waals surface area contributed by atoms with E-state index in [-0.39, 0.29) is 35.4 Å². The predicted molar refractivity (Wildman–Crippen MR) is 121 cm³/mol. The molecule has 0 bridgehead atoms. The second kappa shape index (κ2) is 10.5. The molecule has 10 nitrogen and oxygen atoms in total. The van der Waals surface area contributed by atoms with Crippen LogP contribution in [0.5, 0.6) is 17.2 Å². The summed E-state index contributed by atoms with van der Waals surface area (Å²) in [5.74, 6) is 0.680. The van der Waals surface area contributed by atoms with E-state index in [0.717, 1.165) is 0 Å². The molecule has 33 heavy (non-hydrogen) atoms. The van der Waals surface area contributed by atoms with Crippen LogP contribution in [0.3, 0.4) is 0 Å². The van der Waals surface area contributed by atoms with Gasteiger partial charge in [0.05, 0.1) is 32.0 Å². The van der Waals surface area contributed by atoms with E-state index in [1.165, 1.54) is 45.6 Å². The number of benzene rings is 2. The Kier molecular flexibility index (Phi) is 7.77. The molecule has 3 rings (SSSR count). The molecule has 2 aromatic carbocycles. The lowest BCUT2D eigenvalue weighted by atomic mass is 10.2. The van der Waals surface area contributed by atoms with Gasteiger partial charge in [0, 0.05) is 17.0 Å². The average molecular weight is 496 g/mol. The molecule has 0 spiro atoms. The van der Waals surface area contributed by atoms with E-state index in [1.807, 2.05) is 0 Å². The number of ether oxygens (including phenoxy) is 3. The number of aromatic nitrogens is 2. The highest BCUT2D eigenvalue weighted by Crippen LogP contribution is 2.41. The molecule has 1 N–H and O–H groups in total. The van der Waals surface area contributed by atoms with Crippen LogP contribution in [-0.2, 0) is 14.6 Å². The van der Waals surface area contributed by atoms with E-state index in [2.05, 4.69) is 15.5 Å². The highest BCUT2D eigenvalue weighted by molar-refractivity contribution is 7.91. The van der Waals surface area contributed by atoms with Crippen LogP contribution in [0.25, 0.3) is 11.5 Å². The zero-order chi connectivity index (χ0) is 24.0. The van der Waals surface area contributed by atoms with Crippen molar-refractivity contribution in [1.29, 1.82) is 0 Å². The van der Waals surface area contributed by atoms with Crippen molar-refractivity contribution in [2.45, 2.75) is 17.7 Å². The van der Waals surface area contributed by atoms with Crippen LogP contribution in [0.2, 0.25) is 5.02 Å². The Hall–Kier alpha value is -3.31. The minimum atomic E-state index is -3.52. The summed E-state index contributed by atoms with van der Waals surface area (Å²) in [7, 11) is 0.926. The number of carbonyl (C=O) groups is 1. The maximum Gasteiger partial charge on any atom is 0.322 e. The monoisotopic (exact) mass is 495 g/mol. The molecule has 0 saturated carbocycles. The van der Waals surface area contributed by atoms with Crippen molar-refractivity contribution in [3.8, 4) is 28.7 Å². The van der Waals surface area contributed by atoms with Crippen molar-refractivity contribution >= 4 is 33.4 Å².